The van der Waals surface area contributed by atoms with Crippen molar-refractivity contribution in [3.05, 3.63) is 0 Å². The number of carboxylic acid groups (broad SMARTS) is 1. The zero-order valence-corrected chi connectivity index (χ0v) is 12.5. The quantitative estimate of drug-likeness (QED) is 0.603. The summed E-state index contributed by atoms with van der Waals surface area (Å²) in [7, 11) is 0. The number of nitrogens with one attached hydrogen (secondary N) is 2. The standard InChI is InChI=1S/C14H28N2O3/c1-5-6-7-11(4)16-14(19)15-9-12(13(17)18)8-10(2)3/h10-12H,5-9H2,1-4H3,(H,17,18)(H2,15,16,19). The van der Waals surface area contributed by atoms with E-state index in [4.69, 9.17) is 5.11 Å². The van der Waals surface area contributed by atoms with Gasteiger partial charge in [0.2, 0.25) is 0 Å². The van der Waals surface area contributed by atoms with Crippen molar-refractivity contribution in [3.8, 4) is 0 Å². The summed E-state index contributed by atoms with van der Waals surface area (Å²) < 4.78 is 0. The van der Waals surface area contributed by atoms with Crippen LogP contribution in [0.15, 0.2) is 0 Å². The van der Waals surface area contributed by atoms with Crippen LogP contribution >= 0.6 is 0 Å². The molecule has 0 saturated carbocycles. The van der Waals surface area contributed by atoms with E-state index in [-0.39, 0.29) is 18.6 Å². The molecule has 0 aromatic carbocycles. The molecule has 5 nitrogen and oxygen atoms in total. The molecular weight excluding hydrogens is 244 g/mol. The zero-order valence-electron chi connectivity index (χ0n) is 12.5. The van der Waals surface area contributed by atoms with Crippen molar-refractivity contribution in [1.29, 1.82) is 0 Å². The van der Waals surface area contributed by atoms with Gasteiger partial charge in [-0.1, -0.05) is 33.6 Å². The summed E-state index contributed by atoms with van der Waals surface area (Å²) >= 11 is 0. The minimum Gasteiger partial charge on any atom is -0.481 e. The van der Waals surface area contributed by atoms with Gasteiger partial charge >= 0.3 is 12.0 Å². The third-order valence-electron chi connectivity index (χ3n) is 2.98. The van der Waals surface area contributed by atoms with Crippen molar-refractivity contribution < 1.29 is 14.7 Å². The molecule has 2 atom stereocenters. The van der Waals surface area contributed by atoms with Gasteiger partial charge in [0.25, 0.3) is 0 Å². The molecule has 0 saturated heterocycles. The Morgan fingerprint density at radius 1 is 1.21 bits per heavy atom. The van der Waals surface area contributed by atoms with E-state index in [1.165, 1.54) is 0 Å². The molecule has 5 heteroatoms. The molecular formula is C14H28N2O3. The summed E-state index contributed by atoms with van der Waals surface area (Å²) in [5.74, 6) is -1.07. The van der Waals surface area contributed by atoms with Crippen molar-refractivity contribution in [1.82, 2.24) is 10.6 Å². The first-order valence-corrected chi connectivity index (χ1v) is 7.13. The summed E-state index contributed by atoms with van der Waals surface area (Å²) in [5, 5.41) is 14.5. The summed E-state index contributed by atoms with van der Waals surface area (Å²) in [5.41, 5.74) is 0. The summed E-state index contributed by atoms with van der Waals surface area (Å²) in [6.45, 7) is 8.19. The van der Waals surface area contributed by atoms with Gasteiger partial charge in [0.15, 0.2) is 0 Å². The first-order valence-electron chi connectivity index (χ1n) is 7.13. The number of urea groups is 1. The van der Waals surface area contributed by atoms with E-state index in [0.29, 0.717) is 12.3 Å². The van der Waals surface area contributed by atoms with Crippen LogP contribution in [0.3, 0.4) is 0 Å². The highest BCUT2D eigenvalue weighted by molar-refractivity contribution is 5.76. The molecule has 19 heavy (non-hydrogen) atoms. The van der Waals surface area contributed by atoms with Crippen molar-refractivity contribution in [2.24, 2.45) is 11.8 Å². The van der Waals surface area contributed by atoms with Gasteiger partial charge in [-0.05, 0) is 25.7 Å². The fourth-order valence-electron chi connectivity index (χ4n) is 1.91. The summed E-state index contributed by atoms with van der Waals surface area (Å²) in [6, 6.07) is -0.160. The van der Waals surface area contributed by atoms with E-state index < -0.39 is 11.9 Å². The predicted molar refractivity (Wildman–Crippen MR) is 76.1 cm³/mol. The molecule has 0 fully saturated rings. The highest BCUT2D eigenvalue weighted by Gasteiger charge is 2.19. The molecule has 0 aliphatic rings. The van der Waals surface area contributed by atoms with E-state index in [0.717, 1.165) is 19.3 Å². The third kappa shape index (κ3) is 9.33. The maximum absolute atomic E-state index is 11.6. The lowest BCUT2D eigenvalue weighted by molar-refractivity contribution is -0.142. The Hall–Kier alpha value is -1.26. The lowest BCUT2D eigenvalue weighted by atomic mass is 9.97. The Balaban J connectivity index is 4.01. The fraction of sp³-hybridized carbons (Fsp3) is 0.857. The van der Waals surface area contributed by atoms with E-state index in [9.17, 15) is 9.59 Å². The fourth-order valence-corrected chi connectivity index (χ4v) is 1.91. The van der Waals surface area contributed by atoms with E-state index >= 15 is 0 Å². The molecule has 0 aromatic rings. The molecule has 0 spiro atoms. The van der Waals surface area contributed by atoms with Crippen molar-refractivity contribution in [3.63, 3.8) is 0 Å². The van der Waals surface area contributed by atoms with Crippen LogP contribution in [0.5, 0.6) is 0 Å². The van der Waals surface area contributed by atoms with Crippen LogP contribution in [0.1, 0.15) is 53.4 Å². The average Bonchev–Trinajstić information content (AvgIpc) is 2.31. The summed E-state index contributed by atoms with van der Waals surface area (Å²) in [4.78, 5) is 22.7. The van der Waals surface area contributed by atoms with Crippen LogP contribution < -0.4 is 10.6 Å². The minimum absolute atomic E-state index is 0.119. The number of hydrogen-bond donors (Lipinski definition) is 3. The molecule has 3 N–H and O–H groups in total. The first kappa shape index (κ1) is 17.7. The largest absolute Gasteiger partial charge is 0.481 e. The Morgan fingerprint density at radius 3 is 2.32 bits per heavy atom. The van der Waals surface area contributed by atoms with Crippen LogP contribution in [0.25, 0.3) is 0 Å². The number of carbonyl (C=O) groups is 2. The second-order valence-corrected chi connectivity index (χ2v) is 5.56. The Labute approximate surface area is 116 Å². The van der Waals surface area contributed by atoms with Crippen molar-refractivity contribution >= 4 is 12.0 Å². The normalized spacial score (nSPS) is 13.9. The van der Waals surface area contributed by atoms with Crippen LogP contribution in [0, 0.1) is 11.8 Å². The molecule has 0 heterocycles. The average molecular weight is 272 g/mol. The first-order chi connectivity index (χ1) is 8.86. The number of rotatable bonds is 9. The van der Waals surface area contributed by atoms with E-state index in [1.54, 1.807) is 0 Å². The summed E-state index contributed by atoms with van der Waals surface area (Å²) in [6.07, 6.45) is 3.69. The Morgan fingerprint density at radius 2 is 1.84 bits per heavy atom. The second kappa shape index (κ2) is 9.64. The monoisotopic (exact) mass is 272 g/mol. The van der Waals surface area contributed by atoms with Crippen LogP contribution in [-0.2, 0) is 4.79 Å². The molecule has 2 unspecified atom stereocenters. The molecule has 0 aromatic heterocycles. The molecule has 2 amide bonds. The third-order valence-corrected chi connectivity index (χ3v) is 2.98. The lowest BCUT2D eigenvalue weighted by Gasteiger charge is -2.18. The topological polar surface area (TPSA) is 78.4 Å². The molecule has 112 valence electrons. The minimum atomic E-state index is -0.854. The van der Waals surface area contributed by atoms with Gasteiger partial charge in [0, 0.05) is 12.6 Å². The number of aliphatic carboxylic acids is 1. The number of carbonyl (C=O) groups excluding carboxylic acids is 1. The van der Waals surface area contributed by atoms with Gasteiger partial charge in [-0.2, -0.15) is 0 Å². The Kier molecular flexibility index (Phi) is 9.00. The number of amides is 2. The predicted octanol–water partition coefficient (Wildman–Crippen LogP) is 2.61. The number of hydrogen-bond acceptors (Lipinski definition) is 2. The highest BCUT2D eigenvalue weighted by Crippen LogP contribution is 2.11. The van der Waals surface area contributed by atoms with Crippen molar-refractivity contribution in [2.45, 2.75) is 59.4 Å². The van der Waals surface area contributed by atoms with Crippen molar-refractivity contribution in [2.75, 3.05) is 6.54 Å². The highest BCUT2D eigenvalue weighted by atomic mass is 16.4. The smallest absolute Gasteiger partial charge is 0.315 e. The van der Waals surface area contributed by atoms with Crippen LogP contribution in [0.4, 0.5) is 4.79 Å². The molecule has 0 aliphatic heterocycles. The lowest BCUT2D eigenvalue weighted by Crippen LogP contribution is -2.43. The van der Waals surface area contributed by atoms with Gasteiger partial charge < -0.3 is 15.7 Å². The van der Waals surface area contributed by atoms with Gasteiger partial charge in [-0.25, -0.2) is 4.79 Å². The van der Waals surface area contributed by atoms with Gasteiger partial charge in [-0.15, -0.1) is 0 Å². The van der Waals surface area contributed by atoms with Gasteiger partial charge in [0.1, 0.15) is 0 Å². The van der Waals surface area contributed by atoms with Gasteiger partial charge in [-0.3, -0.25) is 4.79 Å². The maximum Gasteiger partial charge on any atom is 0.315 e. The van der Waals surface area contributed by atoms with Gasteiger partial charge in [0.05, 0.1) is 5.92 Å². The second-order valence-electron chi connectivity index (χ2n) is 5.56. The number of carboxylic acids is 1. The van der Waals surface area contributed by atoms with E-state index in [1.807, 2.05) is 20.8 Å². The number of unbranched alkanes of at least 4 members (excludes halogenated alkanes) is 1. The maximum atomic E-state index is 11.6. The zero-order chi connectivity index (χ0) is 14.8. The van der Waals surface area contributed by atoms with E-state index in [2.05, 4.69) is 17.6 Å². The Bertz CT molecular complexity index is 280. The van der Waals surface area contributed by atoms with Crippen LogP contribution in [-0.4, -0.2) is 29.7 Å². The SMILES string of the molecule is CCCCC(C)NC(=O)NCC(CC(C)C)C(=O)O. The molecule has 0 bridgehead atoms. The molecule has 0 radical (unpaired) electrons. The van der Waals surface area contributed by atoms with Crippen LogP contribution in [0.2, 0.25) is 0 Å². The molecule has 0 rings (SSSR count). The molecule has 0 aliphatic carbocycles.